The molecule has 0 aliphatic rings. The number of rotatable bonds is 12. The molecule has 3 rings (SSSR count). The van der Waals surface area contributed by atoms with Crippen LogP contribution < -0.4 is 10.5 Å². The fraction of sp³-hybridized carbons (Fsp3) is 0.400. The molecule has 1 aromatic heterocycles. The van der Waals surface area contributed by atoms with Gasteiger partial charge in [-0.15, -0.1) is 0 Å². The van der Waals surface area contributed by atoms with Crippen molar-refractivity contribution in [2.75, 3.05) is 20.1 Å². The van der Waals surface area contributed by atoms with E-state index in [0.717, 1.165) is 48.7 Å². The predicted molar refractivity (Wildman–Crippen MR) is 139 cm³/mol. The van der Waals surface area contributed by atoms with Gasteiger partial charge in [0, 0.05) is 35.3 Å². The second-order valence-electron chi connectivity index (χ2n) is 8.29. The van der Waals surface area contributed by atoms with Crippen LogP contribution in [0.1, 0.15) is 43.4 Å². The molecule has 34 heavy (non-hydrogen) atoms. The van der Waals surface area contributed by atoms with Crippen molar-refractivity contribution >= 4 is 44.1 Å². The van der Waals surface area contributed by atoms with Gasteiger partial charge in [0.05, 0.1) is 5.02 Å². The van der Waals surface area contributed by atoms with E-state index in [1.54, 1.807) is 13.1 Å². The lowest BCUT2D eigenvalue weighted by Crippen LogP contribution is -2.28. The summed E-state index contributed by atoms with van der Waals surface area (Å²) in [6.07, 6.45) is 4.82. The van der Waals surface area contributed by atoms with Gasteiger partial charge >= 0.3 is 0 Å². The van der Waals surface area contributed by atoms with Gasteiger partial charge in [-0.2, -0.15) is 0 Å². The normalized spacial score (nSPS) is 11.9. The van der Waals surface area contributed by atoms with Crippen molar-refractivity contribution in [2.45, 2.75) is 50.5 Å². The number of unbranched alkanes of at least 4 members (excludes halogenated alkanes) is 4. The van der Waals surface area contributed by atoms with Gasteiger partial charge in [0.15, 0.2) is 0 Å². The van der Waals surface area contributed by atoms with Gasteiger partial charge in [0.1, 0.15) is 22.8 Å². The molecule has 1 heterocycles. The molecule has 0 saturated heterocycles. The molecule has 9 heteroatoms. The Kier molecular flexibility index (Phi) is 9.56. The first kappa shape index (κ1) is 26.7. The van der Waals surface area contributed by atoms with E-state index in [4.69, 9.17) is 33.7 Å². The van der Waals surface area contributed by atoms with Crippen LogP contribution in [0.3, 0.4) is 0 Å². The lowest BCUT2D eigenvalue weighted by atomic mass is 10.1. The zero-order valence-electron chi connectivity index (χ0n) is 19.6. The fourth-order valence-electron chi connectivity index (χ4n) is 3.69. The maximum atomic E-state index is 13.2. The third-order valence-electron chi connectivity index (χ3n) is 5.71. The number of ether oxygens (including phenoxy) is 1. The fourth-order valence-corrected chi connectivity index (χ4v) is 5.76. The number of fused-ring (bicyclic) bond motifs is 1. The number of hydrogen-bond acceptors (Lipinski definition) is 5. The standard InChI is InChI=1S/C25H31Cl2N3O3S/c1-18-11-12-19-9-8-10-22(25(19)29-18)33-17-20-21(26)13-14-23(24(20)27)34(31,32)30(2)16-7-5-3-4-6-15-28/h8-14H,3-7,15-17,28H2,1-2H3. The number of hydrogen-bond donors (Lipinski definition) is 1. The Labute approximate surface area is 212 Å². The number of para-hydroxylation sites is 1. The second-order valence-corrected chi connectivity index (χ2v) is 11.1. The number of halogens is 2. The molecule has 0 aliphatic carbocycles. The number of pyridine rings is 1. The van der Waals surface area contributed by atoms with E-state index in [2.05, 4.69) is 4.98 Å². The van der Waals surface area contributed by atoms with Gasteiger partial charge < -0.3 is 10.5 Å². The minimum absolute atomic E-state index is 0.0145. The molecule has 2 aromatic carbocycles. The van der Waals surface area contributed by atoms with Gasteiger partial charge in [-0.05, 0) is 50.6 Å². The summed E-state index contributed by atoms with van der Waals surface area (Å²) in [5.41, 5.74) is 7.53. The number of aryl methyl sites for hydroxylation is 1. The average molecular weight is 525 g/mol. The van der Waals surface area contributed by atoms with Gasteiger partial charge in [0.2, 0.25) is 10.0 Å². The Balaban J connectivity index is 1.76. The molecule has 0 spiro atoms. The summed E-state index contributed by atoms with van der Waals surface area (Å²) in [6.45, 7) is 3.03. The van der Waals surface area contributed by atoms with Crippen molar-refractivity contribution in [3.05, 3.63) is 63.8 Å². The van der Waals surface area contributed by atoms with Crippen LogP contribution in [0.25, 0.3) is 10.9 Å². The van der Waals surface area contributed by atoms with Gasteiger partial charge in [0.25, 0.3) is 0 Å². The number of benzene rings is 2. The molecule has 3 aromatic rings. The van der Waals surface area contributed by atoms with Crippen molar-refractivity contribution in [3.8, 4) is 5.75 Å². The molecule has 0 unspecified atom stereocenters. The van der Waals surface area contributed by atoms with Crippen molar-refractivity contribution < 1.29 is 13.2 Å². The highest BCUT2D eigenvalue weighted by Crippen LogP contribution is 2.34. The smallest absolute Gasteiger partial charge is 0.244 e. The minimum atomic E-state index is -3.77. The highest BCUT2D eigenvalue weighted by atomic mass is 35.5. The minimum Gasteiger partial charge on any atom is -0.487 e. The molecule has 0 fully saturated rings. The van der Waals surface area contributed by atoms with Gasteiger partial charge in [-0.1, -0.05) is 60.7 Å². The molecule has 6 nitrogen and oxygen atoms in total. The summed E-state index contributed by atoms with van der Waals surface area (Å²) in [6, 6.07) is 12.6. The number of nitrogens with zero attached hydrogens (tertiary/aromatic N) is 2. The molecule has 0 saturated carbocycles. The monoisotopic (exact) mass is 523 g/mol. The van der Waals surface area contributed by atoms with Crippen LogP contribution in [0.2, 0.25) is 10.0 Å². The van der Waals surface area contributed by atoms with Gasteiger partial charge in [-0.25, -0.2) is 17.7 Å². The van der Waals surface area contributed by atoms with E-state index < -0.39 is 10.0 Å². The second kappa shape index (κ2) is 12.2. The van der Waals surface area contributed by atoms with Crippen molar-refractivity contribution in [1.29, 1.82) is 0 Å². The van der Waals surface area contributed by atoms with Crippen molar-refractivity contribution in [2.24, 2.45) is 5.73 Å². The van der Waals surface area contributed by atoms with Crippen LogP contribution in [-0.4, -0.2) is 37.8 Å². The first-order valence-corrected chi connectivity index (χ1v) is 13.6. The number of nitrogens with two attached hydrogens (primary N) is 1. The number of sulfonamides is 1. The van der Waals surface area contributed by atoms with E-state index in [1.807, 2.05) is 37.3 Å². The zero-order valence-corrected chi connectivity index (χ0v) is 21.9. The lowest BCUT2D eigenvalue weighted by Gasteiger charge is -2.20. The van der Waals surface area contributed by atoms with Crippen LogP contribution in [0.5, 0.6) is 5.75 Å². The average Bonchev–Trinajstić information content (AvgIpc) is 2.81. The maximum Gasteiger partial charge on any atom is 0.244 e. The molecule has 0 atom stereocenters. The molecule has 184 valence electrons. The lowest BCUT2D eigenvalue weighted by molar-refractivity contribution is 0.309. The summed E-state index contributed by atoms with van der Waals surface area (Å²) >= 11 is 13.0. The van der Waals surface area contributed by atoms with Crippen LogP contribution in [0.15, 0.2) is 47.4 Å². The Bertz CT molecular complexity index is 1240. The Hall–Kier alpha value is -1.90. The molecule has 0 radical (unpaired) electrons. The Morgan fingerprint density at radius 3 is 2.50 bits per heavy atom. The number of aromatic nitrogens is 1. The Morgan fingerprint density at radius 2 is 1.74 bits per heavy atom. The molecular weight excluding hydrogens is 493 g/mol. The van der Waals surface area contributed by atoms with E-state index in [9.17, 15) is 8.42 Å². The third kappa shape index (κ3) is 6.40. The summed E-state index contributed by atoms with van der Waals surface area (Å²) < 4.78 is 33.8. The van der Waals surface area contributed by atoms with E-state index >= 15 is 0 Å². The first-order valence-electron chi connectivity index (χ1n) is 11.4. The quantitative estimate of drug-likeness (QED) is 0.296. The summed E-state index contributed by atoms with van der Waals surface area (Å²) in [4.78, 5) is 4.59. The summed E-state index contributed by atoms with van der Waals surface area (Å²) in [5.74, 6) is 0.577. The maximum absolute atomic E-state index is 13.2. The van der Waals surface area contributed by atoms with Crippen LogP contribution in [0, 0.1) is 6.92 Å². The van der Waals surface area contributed by atoms with Crippen molar-refractivity contribution in [3.63, 3.8) is 0 Å². The summed E-state index contributed by atoms with van der Waals surface area (Å²) in [7, 11) is -2.20. The van der Waals surface area contributed by atoms with Gasteiger partial charge in [-0.3, -0.25) is 0 Å². The molecule has 0 aliphatic heterocycles. The highest BCUT2D eigenvalue weighted by Gasteiger charge is 2.26. The van der Waals surface area contributed by atoms with E-state index in [-0.39, 0.29) is 16.5 Å². The first-order chi connectivity index (χ1) is 16.3. The molecular formula is C25H31Cl2N3O3S. The topological polar surface area (TPSA) is 85.5 Å². The van der Waals surface area contributed by atoms with Crippen LogP contribution in [-0.2, 0) is 16.6 Å². The third-order valence-corrected chi connectivity index (χ3v) is 8.51. The predicted octanol–water partition coefficient (Wildman–Crippen LogP) is 5.96. The molecule has 2 N–H and O–H groups in total. The van der Waals surface area contributed by atoms with E-state index in [0.29, 0.717) is 29.4 Å². The SMILES string of the molecule is Cc1ccc2cccc(OCc3c(Cl)ccc(S(=O)(=O)N(C)CCCCCCCN)c3Cl)c2n1. The zero-order chi connectivity index (χ0) is 24.7. The van der Waals surface area contributed by atoms with E-state index in [1.165, 1.54) is 10.4 Å². The molecule has 0 bridgehead atoms. The highest BCUT2D eigenvalue weighted by molar-refractivity contribution is 7.89. The molecule has 0 amide bonds. The Morgan fingerprint density at radius 1 is 1.00 bits per heavy atom. The van der Waals surface area contributed by atoms with Crippen LogP contribution in [0.4, 0.5) is 0 Å². The van der Waals surface area contributed by atoms with Crippen LogP contribution >= 0.6 is 23.2 Å². The largest absolute Gasteiger partial charge is 0.487 e. The summed E-state index contributed by atoms with van der Waals surface area (Å²) in [5, 5.41) is 1.36. The van der Waals surface area contributed by atoms with Crippen molar-refractivity contribution in [1.82, 2.24) is 9.29 Å².